The van der Waals surface area contributed by atoms with Gasteiger partial charge < -0.3 is 10.1 Å². The van der Waals surface area contributed by atoms with E-state index in [0.717, 1.165) is 11.3 Å². The second-order valence-corrected chi connectivity index (χ2v) is 5.01. The van der Waals surface area contributed by atoms with Crippen LogP contribution < -0.4 is 10.1 Å². The summed E-state index contributed by atoms with van der Waals surface area (Å²) in [6, 6.07) is 9.74. The Hall–Kier alpha value is -2.02. The topological polar surface area (TPSA) is 62.1 Å². The number of ether oxygens (including phenoxy) is 1. The molecule has 1 aliphatic rings. The fraction of sp³-hybridized carbons (Fsp3) is 0.467. The van der Waals surface area contributed by atoms with Gasteiger partial charge in [-0.1, -0.05) is 25.1 Å². The van der Waals surface area contributed by atoms with E-state index in [-0.39, 0.29) is 11.8 Å². The molecule has 2 unspecified atom stereocenters. The molecule has 0 saturated carbocycles. The van der Waals surface area contributed by atoms with Crippen LogP contribution in [-0.4, -0.2) is 18.1 Å². The molecule has 1 aliphatic heterocycles. The van der Waals surface area contributed by atoms with Gasteiger partial charge in [-0.2, -0.15) is 5.26 Å². The third-order valence-corrected chi connectivity index (χ3v) is 3.63. The van der Waals surface area contributed by atoms with E-state index in [2.05, 4.69) is 11.4 Å². The van der Waals surface area contributed by atoms with Crippen LogP contribution in [0, 0.1) is 11.3 Å². The molecule has 0 aromatic heterocycles. The highest BCUT2D eigenvalue weighted by Gasteiger charge is 2.32. The number of nitriles is 1. The molecule has 0 fully saturated rings. The summed E-state index contributed by atoms with van der Waals surface area (Å²) in [4.78, 5) is 12.4. The Morgan fingerprint density at radius 3 is 3.00 bits per heavy atom. The standard InChI is InChI=1S/C15H18N2O2/c1-3-15(2,10-16)17-14(18)12-8-9-19-13-7-5-4-6-11(12)13/h4-7,12H,3,8-9H2,1-2H3,(H,17,18). The molecule has 1 heterocycles. The maximum atomic E-state index is 12.4. The number of nitrogens with zero attached hydrogens (tertiary/aromatic N) is 1. The molecule has 100 valence electrons. The summed E-state index contributed by atoms with van der Waals surface area (Å²) in [5, 5.41) is 12.0. The molecule has 4 nitrogen and oxygen atoms in total. The van der Waals surface area contributed by atoms with Gasteiger partial charge in [0.05, 0.1) is 18.6 Å². The molecule has 0 spiro atoms. The summed E-state index contributed by atoms with van der Waals surface area (Å²) < 4.78 is 5.54. The van der Waals surface area contributed by atoms with Crippen LogP contribution in [0.1, 0.15) is 38.2 Å². The van der Waals surface area contributed by atoms with Crippen LogP contribution in [0.25, 0.3) is 0 Å². The van der Waals surface area contributed by atoms with Gasteiger partial charge in [0.15, 0.2) is 0 Å². The Morgan fingerprint density at radius 1 is 1.58 bits per heavy atom. The number of benzene rings is 1. The molecule has 0 aliphatic carbocycles. The Kier molecular flexibility index (Phi) is 3.75. The summed E-state index contributed by atoms with van der Waals surface area (Å²) in [6.45, 7) is 4.17. The van der Waals surface area contributed by atoms with E-state index in [4.69, 9.17) is 10.00 Å². The predicted octanol–water partition coefficient (Wildman–Crippen LogP) is 2.36. The largest absolute Gasteiger partial charge is 0.493 e. The maximum Gasteiger partial charge on any atom is 0.229 e. The second kappa shape index (κ2) is 5.31. The summed E-state index contributed by atoms with van der Waals surface area (Å²) >= 11 is 0. The van der Waals surface area contributed by atoms with Crippen LogP contribution in [0.15, 0.2) is 24.3 Å². The van der Waals surface area contributed by atoms with E-state index >= 15 is 0 Å². The van der Waals surface area contributed by atoms with Crippen LogP contribution in [0.2, 0.25) is 0 Å². The fourth-order valence-electron chi connectivity index (χ4n) is 2.17. The molecule has 0 radical (unpaired) electrons. The van der Waals surface area contributed by atoms with E-state index < -0.39 is 5.54 Å². The summed E-state index contributed by atoms with van der Waals surface area (Å²) in [5.74, 6) is 0.440. The summed E-state index contributed by atoms with van der Waals surface area (Å²) in [5.41, 5.74) is 0.104. The number of para-hydroxylation sites is 1. The van der Waals surface area contributed by atoms with Gasteiger partial charge in [-0.25, -0.2) is 0 Å². The average molecular weight is 258 g/mol. The van der Waals surface area contributed by atoms with E-state index in [0.29, 0.717) is 19.4 Å². The molecule has 4 heteroatoms. The summed E-state index contributed by atoms with van der Waals surface area (Å²) in [7, 11) is 0. The lowest BCUT2D eigenvalue weighted by Crippen LogP contribution is -2.47. The fourth-order valence-corrected chi connectivity index (χ4v) is 2.17. The zero-order valence-corrected chi connectivity index (χ0v) is 11.3. The minimum atomic E-state index is -0.801. The van der Waals surface area contributed by atoms with Crippen LogP contribution in [0.3, 0.4) is 0 Å². The third-order valence-electron chi connectivity index (χ3n) is 3.63. The lowest BCUT2D eigenvalue weighted by atomic mass is 9.90. The number of hydrogen-bond acceptors (Lipinski definition) is 3. The van der Waals surface area contributed by atoms with Crippen molar-refractivity contribution in [2.24, 2.45) is 0 Å². The van der Waals surface area contributed by atoms with E-state index in [9.17, 15) is 4.79 Å². The van der Waals surface area contributed by atoms with Gasteiger partial charge in [-0.15, -0.1) is 0 Å². The zero-order chi connectivity index (χ0) is 13.9. The highest BCUT2D eigenvalue weighted by atomic mass is 16.5. The van der Waals surface area contributed by atoms with Crippen molar-refractivity contribution in [1.29, 1.82) is 5.26 Å². The minimum Gasteiger partial charge on any atom is -0.493 e. The molecule has 1 aromatic rings. The Labute approximate surface area is 113 Å². The molecule has 1 aromatic carbocycles. The average Bonchev–Trinajstić information content (AvgIpc) is 2.46. The lowest BCUT2D eigenvalue weighted by molar-refractivity contribution is -0.124. The van der Waals surface area contributed by atoms with Gasteiger partial charge in [-0.05, 0) is 25.8 Å². The van der Waals surface area contributed by atoms with Gasteiger partial charge in [0.25, 0.3) is 0 Å². The van der Waals surface area contributed by atoms with Crippen LogP contribution >= 0.6 is 0 Å². The number of carbonyl (C=O) groups excluding carboxylic acids is 1. The number of hydrogen-bond donors (Lipinski definition) is 1. The zero-order valence-electron chi connectivity index (χ0n) is 11.3. The van der Waals surface area contributed by atoms with Crippen molar-refractivity contribution in [1.82, 2.24) is 5.32 Å². The van der Waals surface area contributed by atoms with Crippen LogP contribution in [-0.2, 0) is 4.79 Å². The van der Waals surface area contributed by atoms with Gasteiger partial charge in [0, 0.05) is 5.56 Å². The minimum absolute atomic E-state index is 0.0957. The van der Waals surface area contributed by atoms with Gasteiger partial charge in [0.2, 0.25) is 5.91 Å². The smallest absolute Gasteiger partial charge is 0.229 e. The molecular formula is C15H18N2O2. The number of amides is 1. The second-order valence-electron chi connectivity index (χ2n) is 5.01. The number of rotatable bonds is 3. The Balaban J connectivity index is 2.20. The van der Waals surface area contributed by atoms with Crippen molar-refractivity contribution >= 4 is 5.91 Å². The van der Waals surface area contributed by atoms with Crippen LogP contribution in [0.5, 0.6) is 5.75 Å². The monoisotopic (exact) mass is 258 g/mol. The molecule has 19 heavy (non-hydrogen) atoms. The SMILES string of the molecule is CCC(C)(C#N)NC(=O)C1CCOc2ccccc21. The first-order chi connectivity index (χ1) is 9.09. The van der Waals surface area contributed by atoms with Crippen LogP contribution in [0.4, 0.5) is 0 Å². The Bertz CT molecular complexity index is 521. The van der Waals surface area contributed by atoms with Crippen molar-refractivity contribution in [3.8, 4) is 11.8 Å². The predicted molar refractivity (Wildman–Crippen MR) is 71.7 cm³/mol. The molecule has 2 rings (SSSR count). The van der Waals surface area contributed by atoms with E-state index in [1.165, 1.54) is 0 Å². The van der Waals surface area contributed by atoms with Gasteiger partial charge >= 0.3 is 0 Å². The Morgan fingerprint density at radius 2 is 2.32 bits per heavy atom. The summed E-state index contributed by atoms with van der Waals surface area (Å²) in [6.07, 6.45) is 1.23. The normalized spacial score (nSPS) is 20.4. The molecule has 1 amide bonds. The highest BCUT2D eigenvalue weighted by molar-refractivity contribution is 5.85. The third kappa shape index (κ3) is 2.70. The molecule has 1 N–H and O–H groups in total. The van der Waals surface area contributed by atoms with Crippen molar-refractivity contribution < 1.29 is 9.53 Å². The highest BCUT2D eigenvalue weighted by Crippen LogP contribution is 2.33. The first-order valence-electron chi connectivity index (χ1n) is 6.54. The quantitative estimate of drug-likeness (QED) is 0.905. The molecule has 0 saturated heterocycles. The molecular weight excluding hydrogens is 240 g/mol. The first kappa shape index (κ1) is 13.4. The molecule has 0 bridgehead atoms. The van der Waals surface area contributed by atoms with Crippen molar-refractivity contribution in [3.63, 3.8) is 0 Å². The number of fused-ring (bicyclic) bond motifs is 1. The van der Waals surface area contributed by atoms with Crippen molar-refractivity contribution in [2.75, 3.05) is 6.61 Å². The number of nitrogens with one attached hydrogen (secondary N) is 1. The maximum absolute atomic E-state index is 12.4. The van der Waals surface area contributed by atoms with Gasteiger partial charge in [-0.3, -0.25) is 4.79 Å². The first-order valence-corrected chi connectivity index (χ1v) is 6.54. The van der Waals surface area contributed by atoms with Crippen molar-refractivity contribution in [3.05, 3.63) is 29.8 Å². The molecule has 2 atom stereocenters. The lowest BCUT2D eigenvalue weighted by Gasteiger charge is -2.28. The number of carbonyl (C=O) groups is 1. The van der Waals surface area contributed by atoms with Crippen molar-refractivity contribution in [2.45, 2.75) is 38.1 Å². The van der Waals surface area contributed by atoms with E-state index in [1.54, 1.807) is 6.92 Å². The van der Waals surface area contributed by atoms with E-state index in [1.807, 2.05) is 31.2 Å². The van der Waals surface area contributed by atoms with Gasteiger partial charge in [0.1, 0.15) is 11.3 Å².